The molecule has 1 heterocycles. The SMILES string of the molecule is CC1C=C(NOS(C)(=O)=O)c2cc(CO)ccc2S1. The molecule has 0 fully saturated rings. The Morgan fingerprint density at radius 1 is 1.47 bits per heavy atom. The van der Waals surface area contributed by atoms with E-state index in [2.05, 4.69) is 9.76 Å². The maximum atomic E-state index is 11.0. The number of aliphatic hydroxyl groups is 1. The van der Waals surface area contributed by atoms with Crippen molar-refractivity contribution in [3.63, 3.8) is 0 Å². The molecule has 1 aromatic rings. The van der Waals surface area contributed by atoms with Crippen molar-refractivity contribution in [2.45, 2.75) is 23.7 Å². The van der Waals surface area contributed by atoms with Crippen LogP contribution in [0.15, 0.2) is 29.2 Å². The highest BCUT2D eigenvalue weighted by molar-refractivity contribution is 8.00. The minimum Gasteiger partial charge on any atom is -0.392 e. The first-order valence-corrected chi connectivity index (χ1v) is 8.36. The second kappa shape index (κ2) is 5.54. The summed E-state index contributed by atoms with van der Waals surface area (Å²) in [5.74, 6) is 0. The van der Waals surface area contributed by atoms with E-state index >= 15 is 0 Å². The fourth-order valence-electron chi connectivity index (χ4n) is 1.76. The Morgan fingerprint density at radius 3 is 2.84 bits per heavy atom. The fourth-order valence-corrected chi connectivity index (χ4v) is 3.05. The number of hydroxylamine groups is 1. The summed E-state index contributed by atoms with van der Waals surface area (Å²) in [4.78, 5) is 1.02. The molecule has 0 saturated carbocycles. The normalized spacial score (nSPS) is 18.7. The lowest BCUT2D eigenvalue weighted by Crippen LogP contribution is -2.21. The van der Waals surface area contributed by atoms with Crippen LogP contribution in [0.25, 0.3) is 5.70 Å². The average Bonchev–Trinajstić information content (AvgIpc) is 2.34. The van der Waals surface area contributed by atoms with Crippen LogP contribution >= 0.6 is 11.8 Å². The number of aliphatic hydroxyl groups excluding tert-OH is 1. The molecule has 0 amide bonds. The van der Waals surface area contributed by atoms with Crippen LogP contribution in [0.2, 0.25) is 0 Å². The van der Waals surface area contributed by atoms with Gasteiger partial charge in [0.1, 0.15) is 0 Å². The predicted octanol–water partition coefficient (Wildman–Crippen LogP) is 1.49. The summed E-state index contributed by atoms with van der Waals surface area (Å²) in [6, 6.07) is 5.58. The lowest BCUT2D eigenvalue weighted by molar-refractivity contribution is 0.261. The highest BCUT2D eigenvalue weighted by Crippen LogP contribution is 2.37. The Balaban J connectivity index is 2.33. The first kappa shape index (κ1) is 14.4. The van der Waals surface area contributed by atoms with E-state index in [0.29, 0.717) is 5.70 Å². The zero-order valence-electron chi connectivity index (χ0n) is 10.6. The van der Waals surface area contributed by atoms with Gasteiger partial charge in [-0.3, -0.25) is 0 Å². The van der Waals surface area contributed by atoms with Gasteiger partial charge in [-0.25, -0.2) is 5.48 Å². The third-order valence-electron chi connectivity index (χ3n) is 2.53. The van der Waals surface area contributed by atoms with Gasteiger partial charge in [0.05, 0.1) is 18.6 Å². The lowest BCUT2D eigenvalue weighted by atomic mass is 10.1. The number of hydrogen-bond donors (Lipinski definition) is 2. The van der Waals surface area contributed by atoms with Crippen LogP contribution in [0.5, 0.6) is 0 Å². The first-order chi connectivity index (χ1) is 8.89. The molecule has 0 radical (unpaired) electrons. The van der Waals surface area contributed by atoms with Crippen LogP contribution in [0, 0.1) is 0 Å². The molecule has 1 atom stereocenters. The van der Waals surface area contributed by atoms with E-state index in [1.807, 2.05) is 31.2 Å². The Bertz CT molecular complexity index is 610. The van der Waals surface area contributed by atoms with Crippen LogP contribution in [0.4, 0.5) is 0 Å². The molecular weight excluding hydrogens is 286 g/mol. The molecule has 0 spiro atoms. The van der Waals surface area contributed by atoms with Crippen LogP contribution in [0.3, 0.4) is 0 Å². The topological polar surface area (TPSA) is 75.6 Å². The van der Waals surface area contributed by atoms with Crippen molar-refractivity contribution < 1.29 is 17.8 Å². The van der Waals surface area contributed by atoms with Gasteiger partial charge in [0.2, 0.25) is 0 Å². The molecule has 104 valence electrons. The number of thioether (sulfide) groups is 1. The molecular formula is C12H15NO4S2. The van der Waals surface area contributed by atoms with E-state index in [9.17, 15) is 8.42 Å². The summed E-state index contributed by atoms with van der Waals surface area (Å²) in [6.45, 7) is 1.95. The predicted molar refractivity (Wildman–Crippen MR) is 74.7 cm³/mol. The summed E-state index contributed by atoms with van der Waals surface area (Å²) >= 11 is 1.67. The molecule has 1 aliphatic rings. The maximum absolute atomic E-state index is 11.0. The Kier molecular flexibility index (Phi) is 4.19. The summed E-state index contributed by atoms with van der Waals surface area (Å²) in [6.07, 6.45) is 2.87. The van der Waals surface area contributed by atoms with Crippen molar-refractivity contribution in [2.24, 2.45) is 0 Å². The van der Waals surface area contributed by atoms with E-state index in [-0.39, 0.29) is 11.9 Å². The third kappa shape index (κ3) is 3.73. The molecule has 2 N–H and O–H groups in total. The van der Waals surface area contributed by atoms with Gasteiger partial charge in [-0.1, -0.05) is 6.07 Å². The van der Waals surface area contributed by atoms with Gasteiger partial charge < -0.3 is 5.11 Å². The van der Waals surface area contributed by atoms with E-state index in [4.69, 9.17) is 5.11 Å². The quantitative estimate of drug-likeness (QED) is 0.821. The van der Waals surface area contributed by atoms with Crippen LogP contribution < -0.4 is 5.48 Å². The van der Waals surface area contributed by atoms with Gasteiger partial charge in [0.25, 0.3) is 10.1 Å². The Hall–Kier alpha value is -1.02. The third-order valence-corrected chi connectivity index (χ3v) is 4.04. The summed E-state index contributed by atoms with van der Waals surface area (Å²) < 4.78 is 26.7. The molecule has 1 unspecified atom stereocenters. The Labute approximate surface area is 116 Å². The molecule has 0 aromatic heterocycles. The molecule has 2 rings (SSSR count). The van der Waals surface area contributed by atoms with Crippen molar-refractivity contribution >= 4 is 27.6 Å². The minimum absolute atomic E-state index is 0.0618. The van der Waals surface area contributed by atoms with Crippen molar-refractivity contribution in [3.05, 3.63) is 35.4 Å². The van der Waals surface area contributed by atoms with E-state index < -0.39 is 10.1 Å². The lowest BCUT2D eigenvalue weighted by Gasteiger charge is -2.22. The largest absolute Gasteiger partial charge is 0.392 e. The second-order valence-corrected chi connectivity index (χ2v) is 7.28. The summed E-state index contributed by atoms with van der Waals surface area (Å²) in [5.41, 5.74) is 4.67. The second-order valence-electron chi connectivity index (χ2n) is 4.28. The number of hydrogen-bond acceptors (Lipinski definition) is 6. The van der Waals surface area contributed by atoms with Gasteiger partial charge in [-0.05, 0) is 30.7 Å². The van der Waals surface area contributed by atoms with Gasteiger partial charge >= 0.3 is 0 Å². The summed E-state index contributed by atoms with van der Waals surface area (Å²) in [7, 11) is -3.57. The first-order valence-electron chi connectivity index (χ1n) is 5.66. The number of fused-ring (bicyclic) bond motifs is 1. The molecule has 19 heavy (non-hydrogen) atoms. The van der Waals surface area contributed by atoms with E-state index in [1.165, 1.54) is 0 Å². The van der Waals surface area contributed by atoms with Gasteiger partial charge in [-0.15, -0.1) is 11.8 Å². The van der Waals surface area contributed by atoms with Crippen molar-refractivity contribution in [1.82, 2.24) is 5.48 Å². The van der Waals surface area contributed by atoms with Crippen molar-refractivity contribution in [1.29, 1.82) is 0 Å². The Morgan fingerprint density at radius 2 is 2.21 bits per heavy atom. The molecule has 0 bridgehead atoms. The number of rotatable bonds is 4. The number of nitrogens with one attached hydrogen (secondary N) is 1. The molecule has 0 saturated heterocycles. The molecule has 7 heteroatoms. The van der Waals surface area contributed by atoms with Crippen molar-refractivity contribution in [3.8, 4) is 0 Å². The van der Waals surface area contributed by atoms with Crippen LogP contribution in [-0.2, 0) is 21.0 Å². The standard InChI is InChI=1S/C12H15NO4S2/c1-8-5-11(13-17-19(2,15)16)10-6-9(7-14)3-4-12(10)18-8/h3-6,8,13-14H,7H2,1-2H3. The molecule has 1 aromatic carbocycles. The highest BCUT2D eigenvalue weighted by atomic mass is 32.2. The van der Waals surface area contributed by atoms with Crippen LogP contribution in [0.1, 0.15) is 18.1 Å². The summed E-state index contributed by atoms with van der Waals surface area (Å²) in [5, 5.41) is 9.37. The zero-order valence-corrected chi connectivity index (χ0v) is 12.2. The van der Waals surface area contributed by atoms with Gasteiger partial charge in [-0.2, -0.15) is 12.7 Å². The molecule has 0 aliphatic carbocycles. The van der Waals surface area contributed by atoms with E-state index in [1.54, 1.807) is 11.8 Å². The smallest absolute Gasteiger partial charge is 0.284 e. The molecule has 5 nitrogen and oxygen atoms in total. The van der Waals surface area contributed by atoms with Crippen LogP contribution in [-0.4, -0.2) is 25.0 Å². The monoisotopic (exact) mass is 301 g/mol. The van der Waals surface area contributed by atoms with Gasteiger partial charge in [0, 0.05) is 15.7 Å². The molecule has 1 aliphatic heterocycles. The maximum Gasteiger partial charge on any atom is 0.284 e. The fraction of sp³-hybridized carbons (Fsp3) is 0.333. The average molecular weight is 301 g/mol. The minimum atomic E-state index is -3.57. The number of benzene rings is 1. The zero-order chi connectivity index (χ0) is 14.0. The van der Waals surface area contributed by atoms with Gasteiger partial charge in [0.15, 0.2) is 0 Å². The van der Waals surface area contributed by atoms with Crippen molar-refractivity contribution in [2.75, 3.05) is 6.26 Å². The highest BCUT2D eigenvalue weighted by Gasteiger charge is 2.19. The van der Waals surface area contributed by atoms with E-state index in [0.717, 1.165) is 22.3 Å².